The highest BCUT2D eigenvalue weighted by molar-refractivity contribution is 5.74. The Morgan fingerprint density at radius 1 is 1.14 bits per heavy atom. The first-order valence-electron chi connectivity index (χ1n) is 7.05. The van der Waals surface area contributed by atoms with Gasteiger partial charge in [-0.05, 0) is 6.92 Å². The average molecular weight is 293 g/mol. The Hall–Kier alpha value is -2.09. The number of anilines is 1. The van der Waals surface area contributed by atoms with Gasteiger partial charge in [-0.1, -0.05) is 0 Å². The lowest BCUT2D eigenvalue weighted by Crippen LogP contribution is -2.38. The highest BCUT2D eigenvalue weighted by atomic mass is 16.5. The second-order valence-electron chi connectivity index (χ2n) is 5.13. The summed E-state index contributed by atoms with van der Waals surface area (Å²) in [5.74, 6) is 0.731. The van der Waals surface area contributed by atoms with Crippen LogP contribution in [-0.4, -0.2) is 45.0 Å². The first-order valence-corrected chi connectivity index (χ1v) is 7.05. The van der Waals surface area contributed by atoms with Crippen LogP contribution < -0.4 is 16.1 Å². The Labute approximate surface area is 121 Å². The molecule has 0 spiro atoms. The fraction of sp³-hybridized carbons (Fsp3) is 0.615. The average Bonchev–Trinajstić information content (AvgIpc) is 2.91. The zero-order valence-corrected chi connectivity index (χ0v) is 12.5. The van der Waals surface area contributed by atoms with E-state index in [0.29, 0.717) is 30.9 Å². The van der Waals surface area contributed by atoms with Crippen molar-refractivity contribution in [1.29, 1.82) is 0 Å². The molecule has 114 valence electrons. The van der Waals surface area contributed by atoms with Crippen LogP contribution in [0.25, 0.3) is 11.2 Å². The molecule has 1 aliphatic heterocycles. The zero-order chi connectivity index (χ0) is 15.1. The Morgan fingerprint density at radius 3 is 2.43 bits per heavy atom. The molecule has 21 heavy (non-hydrogen) atoms. The summed E-state index contributed by atoms with van der Waals surface area (Å²) < 4.78 is 9.78. The van der Waals surface area contributed by atoms with Crippen molar-refractivity contribution in [1.82, 2.24) is 18.7 Å². The summed E-state index contributed by atoms with van der Waals surface area (Å²) in [6.07, 6.45) is 0. The number of fused-ring (bicyclic) bond motifs is 1. The molecule has 0 unspecified atom stereocenters. The van der Waals surface area contributed by atoms with Crippen LogP contribution in [0.4, 0.5) is 5.95 Å². The van der Waals surface area contributed by atoms with Crippen molar-refractivity contribution < 1.29 is 4.74 Å². The van der Waals surface area contributed by atoms with E-state index in [9.17, 15) is 9.59 Å². The molecule has 0 saturated carbocycles. The Kier molecular flexibility index (Phi) is 3.32. The van der Waals surface area contributed by atoms with E-state index < -0.39 is 0 Å². The number of morpholine rings is 1. The lowest BCUT2D eigenvalue weighted by atomic mass is 10.4. The largest absolute Gasteiger partial charge is 0.378 e. The Bertz CT molecular complexity index is 795. The third-order valence-corrected chi connectivity index (χ3v) is 3.94. The van der Waals surface area contributed by atoms with Gasteiger partial charge >= 0.3 is 5.69 Å². The second kappa shape index (κ2) is 5.03. The quantitative estimate of drug-likeness (QED) is 0.731. The van der Waals surface area contributed by atoms with Crippen LogP contribution >= 0.6 is 0 Å². The molecule has 8 nitrogen and oxygen atoms in total. The molecule has 0 bridgehead atoms. The van der Waals surface area contributed by atoms with Crippen molar-refractivity contribution in [2.24, 2.45) is 14.1 Å². The van der Waals surface area contributed by atoms with Crippen LogP contribution in [0, 0.1) is 0 Å². The molecule has 8 heteroatoms. The van der Waals surface area contributed by atoms with Crippen molar-refractivity contribution in [3.8, 4) is 0 Å². The summed E-state index contributed by atoms with van der Waals surface area (Å²) in [5, 5.41) is 0. The van der Waals surface area contributed by atoms with Crippen molar-refractivity contribution in [2.75, 3.05) is 31.2 Å². The third kappa shape index (κ3) is 1.98. The minimum atomic E-state index is -0.359. The van der Waals surface area contributed by atoms with Gasteiger partial charge in [0.05, 0.1) is 13.2 Å². The summed E-state index contributed by atoms with van der Waals surface area (Å²) in [6, 6.07) is 0. The van der Waals surface area contributed by atoms with Gasteiger partial charge in [-0.3, -0.25) is 13.9 Å². The van der Waals surface area contributed by atoms with Gasteiger partial charge in [0.2, 0.25) is 5.95 Å². The predicted molar refractivity (Wildman–Crippen MR) is 78.9 cm³/mol. The summed E-state index contributed by atoms with van der Waals surface area (Å²) in [6.45, 7) is 5.34. The van der Waals surface area contributed by atoms with Crippen LogP contribution in [-0.2, 0) is 25.4 Å². The highest BCUT2D eigenvalue weighted by Gasteiger charge is 2.22. The highest BCUT2D eigenvalue weighted by Crippen LogP contribution is 2.20. The van der Waals surface area contributed by atoms with Crippen LogP contribution in [0.3, 0.4) is 0 Å². The van der Waals surface area contributed by atoms with E-state index in [4.69, 9.17) is 4.74 Å². The van der Waals surface area contributed by atoms with Gasteiger partial charge in [0.15, 0.2) is 11.2 Å². The van der Waals surface area contributed by atoms with E-state index >= 15 is 0 Å². The molecule has 0 N–H and O–H groups in total. The summed E-state index contributed by atoms with van der Waals surface area (Å²) >= 11 is 0. The molecule has 1 fully saturated rings. The van der Waals surface area contributed by atoms with Crippen molar-refractivity contribution >= 4 is 17.1 Å². The van der Waals surface area contributed by atoms with Crippen LogP contribution in [0.15, 0.2) is 9.59 Å². The molecular formula is C13H19N5O3. The van der Waals surface area contributed by atoms with Gasteiger partial charge in [0, 0.05) is 33.7 Å². The summed E-state index contributed by atoms with van der Waals surface area (Å²) in [4.78, 5) is 31.1. The van der Waals surface area contributed by atoms with E-state index in [1.165, 1.54) is 11.6 Å². The molecule has 1 saturated heterocycles. The van der Waals surface area contributed by atoms with Crippen LogP contribution in [0.1, 0.15) is 6.92 Å². The minimum absolute atomic E-state index is 0.304. The lowest BCUT2D eigenvalue weighted by Gasteiger charge is -2.27. The maximum atomic E-state index is 12.4. The number of hydrogen-bond acceptors (Lipinski definition) is 5. The molecule has 0 aliphatic carbocycles. The van der Waals surface area contributed by atoms with Crippen LogP contribution in [0.2, 0.25) is 0 Å². The number of aryl methyl sites for hydroxylation is 2. The fourth-order valence-corrected chi connectivity index (χ4v) is 2.74. The molecule has 0 aromatic carbocycles. The van der Waals surface area contributed by atoms with Gasteiger partial charge in [-0.25, -0.2) is 4.79 Å². The van der Waals surface area contributed by atoms with E-state index in [-0.39, 0.29) is 11.2 Å². The molecule has 2 aromatic rings. The summed E-state index contributed by atoms with van der Waals surface area (Å²) in [5.41, 5.74) is 0.249. The maximum Gasteiger partial charge on any atom is 0.332 e. The standard InChI is InChI=1S/C13H19N5O3/c1-4-18-9-10(15(2)13(20)16(3)11(9)19)14-12(18)17-5-7-21-8-6-17/h4-8H2,1-3H3. The molecule has 0 amide bonds. The molecule has 0 radical (unpaired) electrons. The second-order valence-corrected chi connectivity index (χ2v) is 5.13. The molecule has 3 rings (SSSR count). The topological polar surface area (TPSA) is 74.3 Å². The van der Waals surface area contributed by atoms with E-state index in [1.54, 1.807) is 7.05 Å². The normalized spacial score (nSPS) is 15.9. The summed E-state index contributed by atoms with van der Waals surface area (Å²) in [7, 11) is 3.13. The number of ether oxygens (including phenoxy) is 1. The predicted octanol–water partition coefficient (Wildman–Crippen LogP) is -0.710. The molecule has 2 aromatic heterocycles. The smallest absolute Gasteiger partial charge is 0.332 e. The zero-order valence-electron chi connectivity index (χ0n) is 12.5. The number of imidazole rings is 1. The minimum Gasteiger partial charge on any atom is -0.378 e. The SMILES string of the molecule is CCn1c(N2CCOCC2)nc2c1c(=O)n(C)c(=O)n2C. The number of aromatic nitrogens is 4. The molecular weight excluding hydrogens is 274 g/mol. The number of nitrogens with zero attached hydrogens (tertiary/aromatic N) is 5. The third-order valence-electron chi connectivity index (χ3n) is 3.94. The van der Waals surface area contributed by atoms with Crippen molar-refractivity contribution in [3.63, 3.8) is 0 Å². The maximum absolute atomic E-state index is 12.4. The van der Waals surface area contributed by atoms with Gasteiger partial charge in [-0.2, -0.15) is 4.98 Å². The van der Waals surface area contributed by atoms with E-state index in [0.717, 1.165) is 23.6 Å². The lowest BCUT2D eigenvalue weighted by molar-refractivity contribution is 0.121. The number of hydrogen-bond donors (Lipinski definition) is 0. The molecule has 0 atom stereocenters. The van der Waals surface area contributed by atoms with Crippen molar-refractivity contribution in [2.45, 2.75) is 13.5 Å². The Morgan fingerprint density at radius 2 is 1.81 bits per heavy atom. The van der Waals surface area contributed by atoms with Crippen LogP contribution in [0.5, 0.6) is 0 Å². The Balaban J connectivity index is 2.32. The van der Waals surface area contributed by atoms with E-state index in [1.807, 2.05) is 11.5 Å². The molecule has 1 aliphatic rings. The molecule has 3 heterocycles. The van der Waals surface area contributed by atoms with Gasteiger partial charge in [0.1, 0.15) is 0 Å². The number of rotatable bonds is 2. The first kappa shape index (κ1) is 13.9. The first-order chi connectivity index (χ1) is 10.1. The van der Waals surface area contributed by atoms with Gasteiger partial charge in [0.25, 0.3) is 5.56 Å². The van der Waals surface area contributed by atoms with Gasteiger partial charge < -0.3 is 14.2 Å². The van der Waals surface area contributed by atoms with Crippen molar-refractivity contribution in [3.05, 3.63) is 20.8 Å². The van der Waals surface area contributed by atoms with E-state index in [2.05, 4.69) is 9.88 Å². The monoisotopic (exact) mass is 293 g/mol. The fourth-order valence-electron chi connectivity index (χ4n) is 2.74. The van der Waals surface area contributed by atoms with Gasteiger partial charge in [-0.15, -0.1) is 0 Å².